The summed E-state index contributed by atoms with van der Waals surface area (Å²) in [6.07, 6.45) is 12.0. The third-order valence-corrected chi connectivity index (χ3v) is 4.81. The average molecular weight is 234 g/mol. The first-order valence-corrected chi connectivity index (χ1v) is 7.25. The van der Waals surface area contributed by atoms with Crippen LogP contribution in [0.2, 0.25) is 0 Å². The Morgan fingerprint density at radius 3 is 2.18 bits per heavy atom. The fraction of sp³-hybridized carbons (Fsp3) is 0.867. The van der Waals surface area contributed by atoms with Gasteiger partial charge in [0.1, 0.15) is 0 Å². The highest BCUT2D eigenvalue weighted by molar-refractivity contribution is 5.24. The normalized spacial score (nSPS) is 38.6. The second-order valence-electron chi connectivity index (χ2n) is 5.89. The van der Waals surface area contributed by atoms with Crippen LogP contribution in [0, 0.1) is 11.8 Å². The fourth-order valence-corrected chi connectivity index (χ4v) is 3.69. The van der Waals surface area contributed by atoms with Crippen molar-refractivity contribution < 1.29 is 0 Å². The first-order chi connectivity index (χ1) is 8.33. The minimum atomic E-state index is 0.547. The van der Waals surface area contributed by atoms with Gasteiger partial charge in [-0.25, -0.2) is 0 Å². The smallest absolute Gasteiger partial charge is 0.0520 e. The van der Waals surface area contributed by atoms with Crippen LogP contribution in [0.3, 0.4) is 0 Å². The molecule has 0 amide bonds. The maximum atomic E-state index is 4.35. The van der Waals surface area contributed by atoms with Gasteiger partial charge >= 0.3 is 0 Å². The molecule has 0 radical (unpaired) electrons. The number of nitrogens with zero attached hydrogens (tertiary/aromatic N) is 2. The zero-order chi connectivity index (χ0) is 12.1. The van der Waals surface area contributed by atoms with E-state index in [1.54, 1.807) is 0 Å². The number of hydrogen-bond acceptors (Lipinski definition) is 2. The van der Waals surface area contributed by atoms with Gasteiger partial charge in [0, 0.05) is 6.04 Å². The molecular weight excluding hydrogens is 208 g/mol. The zero-order valence-corrected chi connectivity index (χ0v) is 11.0. The van der Waals surface area contributed by atoms with Crippen LogP contribution in [0.25, 0.3) is 0 Å². The molecule has 2 unspecified atom stereocenters. The van der Waals surface area contributed by atoms with Gasteiger partial charge in [0.05, 0.1) is 6.04 Å². The first kappa shape index (κ1) is 12.8. The van der Waals surface area contributed by atoms with Crippen molar-refractivity contribution in [3.63, 3.8) is 0 Å². The van der Waals surface area contributed by atoms with Gasteiger partial charge in [0.2, 0.25) is 0 Å². The number of rotatable bonds is 4. The van der Waals surface area contributed by atoms with E-state index in [4.69, 9.17) is 0 Å². The Balaban J connectivity index is 1.80. The topological polar surface area (TPSA) is 24.7 Å². The Bertz CT molecular complexity index is 254. The molecule has 0 saturated heterocycles. The van der Waals surface area contributed by atoms with Crippen molar-refractivity contribution in [2.24, 2.45) is 21.8 Å². The van der Waals surface area contributed by atoms with Gasteiger partial charge < -0.3 is 0 Å². The average Bonchev–Trinajstić information content (AvgIpc) is 2.40. The molecule has 0 aromatic rings. The van der Waals surface area contributed by atoms with Crippen LogP contribution in [-0.2, 0) is 0 Å². The van der Waals surface area contributed by atoms with E-state index >= 15 is 0 Å². The number of aliphatic imine (C=N–C) groups is 2. The van der Waals surface area contributed by atoms with Crippen molar-refractivity contribution in [1.82, 2.24) is 0 Å². The summed E-state index contributed by atoms with van der Waals surface area (Å²) in [5.74, 6) is 1.74. The molecule has 2 heteroatoms. The van der Waals surface area contributed by atoms with Crippen molar-refractivity contribution in [1.29, 1.82) is 0 Å². The second-order valence-corrected chi connectivity index (χ2v) is 5.89. The van der Waals surface area contributed by atoms with Crippen LogP contribution in [-0.4, -0.2) is 25.5 Å². The van der Waals surface area contributed by atoms with Gasteiger partial charge in [-0.3, -0.25) is 9.98 Å². The third kappa shape index (κ3) is 3.40. The minimum Gasteiger partial charge on any atom is -0.298 e. The predicted octanol–water partition coefficient (Wildman–Crippen LogP) is 3.90. The van der Waals surface area contributed by atoms with Crippen molar-refractivity contribution in [2.45, 2.75) is 69.9 Å². The highest BCUT2D eigenvalue weighted by atomic mass is 14.8. The van der Waals surface area contributed by atoms with E-state index in [2.05, 4.69) is 23.4 Å². The molecule has 2 nitrogen and oxygen atoms in total. The van der Waals surface area contributed by atoms with Crippen LogP contribution in [0.4, 0.5) is 0 Å². The number of hydrogen-bond donors (Lipinski definition) is 0. The largest absolute Gasteiger partial charge is 0.298 e. The summed E-state index contributed by atoms with van der Waals surface area (Å²) in [5.41, 5.74) is 0. The molecule has 0 aliphatic heterocycles. The Morgan fingerprint density at radius 1 is 0.824 bits per heavy atom. The van der Waals surface area contributed by atoms with E-state index in [0.29, 0.717) is 12.1 Å². The van der Waals surface area contributed by atoms with E-state index < -0.39 is 0 Å². The van der Waals surface area contributed by atoms with Crippen LogP contribution >= 0.6 is 0 Å². The lowest BCUT2D eigenvalue weighted by Gasteiger charge is -2.34. The molecule has 2 rings (SSSR count). The van der Waals surface area contributed by atoms with Crippen molar-refractivity contribution in [3.8, 4) is 0 Å². The van der Waals surface area contributed by atoms with E-state index in [1.165, 1.54) is 57.8 Å². The van der Waals surface area contributed by atoms with E-state index in [1.807, 2.05) is 0 Å². The maximum Gasteiger partial charge on any atom is 0.0520 e. The summed E-state index contributed by atoms with van der Waals surface area (Å²) in [6, 6.07) is 1.10. The lowest BCUT2D eigenvalue weighted by Crippen LogP contribution is -2.27. The highest BCUT2D eigenvalue weighted by Crippen LogP contribution is 2.36. The van der Waals surface area contributed by atoms with Gasteiger partial charge in [0.15, 0.2) is 0 Å². The van der Waals surface area contributed by atoms with Crippen LogP contribution in [0.15, 0.2) is 9.98 Å². The molecule has 0 heterocycles. The van der Waals surface area contributed by atoms with E-state index in [-0.39, 0.29) is 0 Å². The molecule has 2 fully saturated rings. The second kappa shape index (κ2) is 6.32. The summed E-state index contributed by atoms with van der Waals surface area (Å²) in [5, 5.41) is 0. The summed E-state index contributed by atoms with van der Waals surface area (Å²) in [6.45, 7) is 7.46. The Kier molecular flexibility index (Phi) is 4.75. The molecule has 17 heavy (non-hydrogen) atoms. The van der Waals surface area contributed by atoms with Crippen molar-refractivity contribution >= 4 is 13.4 Å². The Labute approximate surface area is 106 Å². The molecular formula is C15H26N2. The maximum absolute atomic E-state index is 4.35. The lowest BCUT2D eigenvalue weighted by molar-refractivity contribution is 0.215. The van der Waals surface area contributed by atoms with Gasteiger partial charge in [-0.2, -0.15) is 0 Å². The third-order valence-electron chi connectivity index (χ3n) is 4.81. The standard InChI is InChI=1S/C15H26N2/c1-16-14-9-7-12(8-10-14)11-13-5-3-4-6-15(13)17-2/h12-15H,1-11H2. The van der Waals surface area contributed by atoms with E-state index in [0.717, 1.165) is 11.8 Å². The summed E-state index contributed by atoms with van der Waals surface area (Å²) < 4.78 is 0. The first-order valence-electron chi connectivity index (χ1n) is 7.25. The Morgan fingerprint density at radius 2 is 1.53 bits per heavy atom. The van der Waals surface area contributed by atoms with Gasteiger partial charge in [0.25, 0.3) is 0 Å². The lowest BCUT2D eigenvalue weighted by atomic mass is 9.75. The summed E-state index contributed by atoms with van der Waals surface area (Å²) >= 11 is 0. The highest BCUT2D eigenvalue weighted by Gasteiger charge is 2.28. The fourth-order valence-electron chi connectivity index (χ4n) is 3.69. The van der Waals surface area contributed by atoms with E-state index in [9.17, 15) is 0 Å². The van der Waals surface area contributed by atoms with Crippen LogP contribution in [0.1, 0.15) is 57.8 Å². The summed E-state index contributed by atoms with van der Waals surface area (Å²) in [4.78, 5) is 8.53. The van der Waals surface area contributed by atoms with Crippen LogP contribution < -0.4 is 0 Å². The molecule has 2 atom stereocenters. The monoisotopic (exact) mass is 234 g/mol. The molecule has 0 aromatic carbocycles. The molecule has 2 aliphatic rings. The molecule has 0 aromatic heterocycles. The zero-order valence-electron chi connectivity index (χ0n) is 11.0. The molecule has 0 bridgehead atoms. The molecule has 2 aliphatic carbocycles. The predicted molar refractivity (Wildman–Crippen MR) is 75.2 cm³/mol. The van der Waals surface area contributed by atoms with Crippen LogP contribution in [0.5, 0.6) is 0 Å². The molecule has 96 valence electrons. The van der Waals surface area contributed by atoms with Gasteiger partial charge in [-0.05, 0) is 70.2 Å². The molecule has 2 saturated carbocycles. The Hall–Kier alpha value is -0.660. The quantitative estimate of drug-likeness (QED) is 0.659. The van der Waals surface area contributed by atoms with Gasteiger partial charge in [-0.15, -0.1) is 0 Å². The van der Waals surface area contributed by atoms with Gasteiger partial charge in [-0.1, -0.05) is 12.8 Å². The SMILES string of the molecule is C=NC1CCC(CC2CCCCC2N=C)CC1. The van der Waals surface area contributed by atoms with Crippen molar-refractivity contribution in [3.05, 3.63) is 0 Å². The molecule has 0 spiro atoms. The molecule has 0 N–H and O–H groups in total. The summed E-state index contributed by atoms with van der Waals surface area (Å²) in [7, 11) is 0. The van der Waals surface area contributed by atoms with Crippen molar-refractivity contribution in [2.75, 3.05) is 0 Å². The minimum absolute atomic E-state index is 0.547.